The zero-order chi connectivity index (χ0) is 17.9. The Morgan fingerprint density at radius 3 is 2.77 bits per heavy atom. The Hall–Kier alpha value is -3.35. The van der Waals surface area contributed by atoms with Crippen molar-refractivity contribution in [2.24, 2.45) is 0 Å². The highest BCUT2D eigenvalue weighted by Crippen LogP contribution is 2.31. The Labute approximate surface area is 148 Å². The molecular formula is C19H14FNO5. The van der Waals surface area contributed by atoms with Crippen LogP contribution in [-0.4, -0.2) is 23.8 Å². The fourth-order valence-corrected chi connectivity index (χ4v) is 2.54. The molecule has 1 unspecified atom stereocenters. The van der Waals surface area contributed by atoms with E-state index in [0.29, 0.717) is 17.2 Å². The topological polar surface area (TPSA) is 70.8 Å². The molecule has 7 heteroatoms. The van der Waals surface area contributed by atoms with Gasteiger partial charge in [-0.2, -0.15) is 0 Å². The maximum atomic E-state index is 13.8. The fraction of sp³-hybridized carbons (Fsp3) is 0.158. The van der Waals surface area contributed by atoms with Gasteiger partial charge in [0.1, 0.15) is 24.7 Å². The van der Waals surface area contributed by atoms with Crippen LogP contribution in [0.15, 0.2) is 59.1 Å². The maximum Gasteiger partial charge on any atom is 0.351 e. The number of nitrogens with zero attached hydrogens (tertiary/aromatic N) is 1. The van der Waals surface area contributed by atoms with Crippen molar-refractivity contribution in [2.45, 2.75) is 12.7 Å². The number of fused-ring (bicyclic) bond motifs is 1. The summed E-state index contributed by atoms with van der Waals surface area (Å²) < 4.78 is 35.1. The molecule has 0 amide bonds. The van der Waals surface area contributed by atoms with Gasteiger partial charge < -0.3 is 18.7 Å². The third kappa shape index (κ3) is 3.23. The summed E-state index contributed by atoms with van der Waals surface area (Å²) in [5.41, 5.74) is 0.659. The molecule has 132 valence electrons. The highest BCUT2D eigenvalue weighted by Gasteiger charge is 2.28. The van der Waals surface area contributed by atoms with Crippen molar-refractivity contribution >= 4 is 5.97 Å². The third-order valence-corrected chi connectivity index (χ3v) is 3.83. The maximum absolute atomic E-state index is 13.8. The summed E-state index contributed by atoms with van der Waals surface area (Å²) >= 11 is 0. The van der Waals surface area contributed by atoms with E-state index in [2.05, 4.69) is 5.16 Å². The van der Waals surface area contributed by atoms with Crippen LogP contribution in [-0.2, 0) is 16.1 Å². The van der Waals surface area contributed by atoms with E-state index in [1.807, 2.05) is 6.07 Å². The molecule has 0 radical (unpaired) electrons. The molecule has 3 aromatic rings. The molecule has 0 bridgehead atoms. The number of ether oxygens (including phenoxy) is 3. The smallest absolute Gasteiger partial charge is 0.351 e. The monoisotopic (exact) mass is 355 g/mol. The molecule has 2 aromatic carbocycles. The molecule has 1 aromatic heterocycles. The summed E-state index contributed by atoms with van der Waals surface area (Å²) in [6, 6.07) is 14.8. The van der Waals surface area contributed by atoms with Gasteiger partial charge in [0.25, 0.3) is 0 Å². The minimum Gasteiger partial charge on any atom is -0.485 e. The van der Waals surface area contributed by atoms with Gasteiger partial charge in [0.05, 0.1) is 5.56 Å². The summed E-state index contributed by atoms with van der Waals surface area (Å²) in [4.78, 5) is 12.2. The molecular weight excluding hydrogens is 341 g/mol. The molecule has 0 saturated carbocycles. The molecule has 1 aliphatic rings. The fourth-order valence-electron chi connectivity index (χ4n) is 2.54. The number of hydrogen-bond acceptors (Lipinski definition) is 6. The zero-order valence-electron chi connectivity index (χ0n) is 13.6. The first-order valence-electron chi connectivity index (χ1n) is 7.96. The van der Waals surface area contributed by atoms with E-state index in [1.165, 1.54) is 12.1 Å². The molecule has 1 atom stereocenters. The standard InChI is InChI=1S/C19H14FNO5/c20-14-6-2-1-5-13(14)17-9-12(21-26-17)10-24-19(22)18-11-23-15-7-3-4-8-16(15)25-18/h1-9,18H,10-11H2. The van der Waals surface area contributed by atoms with E-state index in [0.717, 1.165) is 0 Å². The second-order valence-electron chi connectivity index (χ2n) is 5.63. The van der Waals surface area contributed by atoms with Gasteiger partial charge in [0, 0.05) is 6.07 Å². The van der Waals surface area contributed by atoms with Gasteiger partial charge in [0.2, 0.25) is 6.10 Å². The lowest BCUT2D eigenvalue weighted by atomic mass is 10.1. The van der Waals surface area contributed by atoms with E-state index in [-0.39, 0.29) is 24.5 Å². The lowest BCUT2D eigenvalue weighted by molar-refractivity contribution is -0.156. The largest absolute Gasteiger partial charge is 0.485 e. The molecule has 0 fully saturated rings. The SMILES string of the molecule is O=C(OCc1cc(-c2ccccc2F)on1)C1COc2ccccc2O1. The summed E-state index contributed by atoms with van der Waals surface area (Å²) in [5, 5.41) is 3.80. The van der Waals surface area contributed by atoms with E-state index in [4.69, 9.17) is 18.7 Å². The average Bonchev–Trinajstić information content (AvgIpc) is 3.15. The molecule has 2 heterocycles. The Bertz CT molecular complexity index is 939. The number of aromatic nitrogens is 1. The lowest BCUT2D eigenvalue weighted by Gasteiger charge is -2.24. The van der Waals surface area contributed by atoms with Crippen molar-refractivity contribution in [1.29, 1.82) is 0 Å². The van der Waals surface area contributed by atoms with Crippen LogP contribution in [0.1, 0.15) is 5.69 Å². The Kier molecular flexibility index (Phi) is 4.27. The number of rotatable bonds is 4. The van der Waals surface area contributed by atoms with Crippen molar-refractivity contribution in [1.82, 2.24) is 5.16 Å². The predicted octanol–water partition coefficient (Wildman–Crippen LogP) is 3.36. The number of carbonyl (C=O) groups excluding carboxylic acids is 1. The molecule has 1 aliphatic heterocycles. The Balaban J connectivity index is 1.38. The van der Waals surface area contributed by atoms with Gasteiger partial charge in [-0.15, -0.1) is 0 Å². The molecule has 0 N–H and O–H groups in total. The van der Waals surface area contributed by atoms with E-state index in [1.54, 1.807) is 36.4 Å². The molecule has 4 rings (SSSR count). The van der Waals surface area contributed by atoms with E-state index < -0.39 is 17.9 Å². The van der Waals surface area contributed by atoms with Crippen molar-refractivity contribution in [3.63, 3.8) is 0 Å². The summed E-state index contributed by atoms with van der Waals surface area (Å²) in [5.74, 6) is 0.348. The van der Waals surface area contributed by atoms with Gasteiger partial charge in [-0.25, -0.2) is 9.18 Å². The second kappa shape index (κ2) is 6.87. The van der Waals surface area contributed by atoms with Crippen molar-refractivity contribution in [3.05, 3.63) is 66.1 Å². The summed E-state index contributed by atoms with van der Waals surface area (Å²) in [7, 11) is 0. The highest BCUT2D eigenvalue weighted by atomic mass is 19.1. The number of esters is 1. The Morgan fingerprint density at radius 1 is 1.15 bits per heavy atom. The third-order valence-electron chi connectivity index (χ3n) is 3.83. The molecule has 0 aliphatic carbocycles. The summed E-state index contributed by atoms with van der Waals surface area (Å²) in [6.45, 7) is -0.0482. The normalized spacial score (nSPS) is 15.5. The number of benzene rings is 2. The number of para-hydroxylation sites is 2. The molecule has 0 saturated heterocycles. The number of hydrogen-bond donors (Lipinski definition) is 0. The van der Waals surface area contributed by atoms with Crippen LogP contribution in [0.3, 0.4) is 0 Å². The van der Waals surface area contributed by atoms with Crippen LogP contribution in [0.5, 0.6) is 11.5 Å². The van der Waals surface area contributed by atoms with Gasteiger partial charge in [-0.05, 0) is 24.3 Å². The molecule has 0 spiro atoms. The first kappa shape index (κ1) is 16.1. The van der Waals surface area contributed by atoms with Crippen LogP contribution in [0.2, 0.25) is 0 Å². The van der Waals surface area contributed by atoms with Crippen LogP contribution in [0.25, 0.3) is 11.3 Å². The van der Waals surface area contributed by atoms with Gasteiger partial charge >= 0.3 is 5.97 Å². The van der Waals surface area contributed by atoms with E-state index >= 15 is 0 Å². The average molecular weight is 355 g/mol. The highest BCUT2D eigenvalue weighted by molar-refractivity contribution is 5.76. The van der Waals surface area contributed by atoms with Gasteiger partial charge in [0.15, 0.2) is 17.3 Å². The minimum atomic E-state index is -0.858. The van der Waals surface area contributed by atoms with Gasteiger partial charge in [-0.3, -0.25) is 0 Å². The van der Waals surface area contributed by atoms with Crippen LogP contribution < -0.4 is 9.47 Å². The van der Waals surface area contributed by atoms with Crippen LogP contribution >= 0.6 is 0 Å². The number of halogens is 1. The zero-order valence-corrected chi connectivity index (χ0v) is 13.6. The van der Waals surface area contributed by atoms with Crippen molar-refractivity contribution in [2.75, 3.05) is 6.61 Å². The predicted molar refractivity (Wildman–Crippen MR) is 88.0 cm³/mol. The van der Waals surface area contributed by atoms with Crippen LogP contribution in [0.4, 0.5) is 4.39 Å². The molecule has 26 heavy (non-hydrogen) atoms. The second-order valence-corrected chi connectivity index (χ2v) is 5.63. The molecule has 6 nitrogen and oxygen atoms in total. The number of carbonyl (C=O) groups is 1. The Morgan fingerprint density at radius 2 is 1.92 bits per heavy atom. The minimum absolute atomic E-state index is 0.0646. The van der Waals surface area contributed by atoms with Crippen molar-refractivity contribution < 1.29 is 27.9 Å². The van der Waals surface area contributed by atoms with Gasteiger partial charge in [-0.1, -0.05) is 29.4 Å². The van der Waals surface area contributed by atoms with Crippen molar-refractivity contribution in [3.8, 4) is 22.8 Å². The van der Waals surface area contributed by atoms with Crippen LogP contribution in [0, 0.1) is 5.82 Å². The van der Waals surface area contributed by atoms with E-state index in [9.17, 15) is 9.18 Å². The lowest BCUT2D eigenvalue weighted by Crippen LogP contribution is -2.37. The quantitative estimate of drug-likeness (QED) is 0.669. The first-order chi connectivity index (χ1) is 12.7. The summed E-state index contributed by atoms with van der Waals surface area (Å²) in [6.07, 6.45) is -0.858. The first-order valence-corrected chi connectivity index (χ1v) is 7.96.